The zero-order valence-electron chi connectivity index (χ0n) is 12.3. The van der Waals surface area contributed by atoms with Gasteiger partial charge >= 0.3 is 5.97 Å². The highest BCUT2D eigenvalue weighted by Crippen LogP contribution is 2.47. The lowest BCUT2D eigenvalue weighted by Gasteiger charge is -2.31. The minimum atomic E-state index is -0.804. The van der Waals surface area contributed by atoms with Gasteiger partial charge in [0.15, 0.2) is 11.9 Å². The van der Waals surface area contributed by atoms with Crippen molar-refractivity contribution in [3.05, 3.63) is 33.8 Å². The fourth-order valence-electron chi connectivity index (χ4n) is 3.19. The van der Waals surface area contributed by atoms with Gasteiger partial charge in [0.05, 0.1) is 7.11 Å². The Morgan fingerprint density at radius 3 is 2.59 bits per heavy atom. The molecule has 3 rings (SSSR count). The zero-order chi connectivity index (χ0) is 15.7. The highest BCUT2D eigenvalue weighted by molar-refractivity contribution is 6.35. The van der Waals surface area contributed by atoms with Gasteiger partial charge in [-0.2, -0.15) is 0 Å². The molecule has 1 saturated carbocycles. The standard InChI is InChI=1S/C16H18Cl2O4/c1-20-15(19)14-13(11-6-5-10(17)9-12(11)18)21-16(22-14)7-3-2-4-8-16/h5-6,9,13-14H,2-4,7-8H2,1H3/t13-,14+/m1/s1. The van der Waals surface area contributed by atoms with Crippen molar-refractivity contribution >= 4 is 29.2 Å². The van der Waals surface area contributed by atoms with Crippen LogP contribution in [0.4, 0.5) is 0 Å². The van der Waals surface area contributed by atoms with Gasteiger partial charge in [-0.05, 0) is 25.0 Å². The van der Waals surface area contributed by atoms with Crippen LogP contribution < -0.4 is 0 Å². The van der Waals surface area contributed by atoms with E-state index in [-0.39, 0.29) is 0 Å². The molecule has 0 unspecified atom stereocenters. The minimum Gasteiger partial charge on any atom is -0.467 e. The first kappa shape index (κ1) is 16.1. The zero-order valence-corrected chi connectivity index (χ0v) is 13.8. The van der Waals surface area contributed by atoms with Crippen molar-refractivity contribution in [2.45, 2.75) is 50.1 Å². The maximum atomic E-state index is 12.1. The summed E-state index contributed by atoms with van der Waals surface area (Å²) in [4.78, 5) is 12.1. The van der Waals surface area contributed by atoms with Crippen LogP contribution in [0.2, 0.25) is 10.0 Å². The summed E-state index contributed by atoms with van der Waals surface area (Å²) >= 11 is 12.2. The molecule has 0 aromatic heterocycles. The Morgan fingerprint density at radius 1 is 1.23 bits per heavy atom. The van der Waals surface area contributed by atoms with Crippen LogP contribution in [0, 0.1) is 0 Å². The van der Waals surface area contributed by atoms with Gasteiger partial charge in [-0.1, -0.05) is 35.7 Å². The molecule has 1 aliphatic carbocycles. The lowest BCUT2D eigenvalue weighted by Crippen LogP contribution is -2.35. The van der Waals surface area contributed by atoms with E-state index in [0.717, 1.165) is 32.1 Å². The third-order valence-corrected chi connectivity index (χ3v) is 4.84. The van der Waals surface area contributed by atoms with Gasteiger partial charge < -0.3 is 14.2 Å². The number of hydrogen-bond acceptors (Lipinski definition) is 4. The summed E-state index contributed by atoms with van der Waals surface area (Å²) in [6.45, 7) is 0. The average molecular weight is 345 g/mol. The molecular weight excluding hydrogens is 327 g/mol. The minimum absolute atomic E-state index is 0.446. The largest absolute Gasteiger partial charge is 0.467 e. The molecule has 2 atom stereocenters. The molecule has 1 saturated heterocycles. The van der Waals surface area contributed by atoms with E-state index in [1.165, 1.54) is 7.11 Å². The second kappa shape index (κ2) is 6.36. The van der Waals surface area contributed by atoms with E-state index in [4.69, 9.17) is 37.4 Å². The van der Waals surface area contributed by atoms with E-state index in [9.17, 15) is 4.79 Å². The average Bonchev–Trinajstić information content (AvgIpc) is 2.86. The number of rotatable bonds is 2. The summed E-state index contributed by atoms with van der Waals surface area (Å²) in [6.07, 6.45) is 3.38. The van der Waals surface area contributed by atoms with E-state index < -0.39 is 24.0 Å². The van der Waals surface area contributed by atoms with Crippen LogP contribution in [0.15, 0.2) is 18.2 Å². The first-order chi connectivity index (χ1) is 10.5. The number of carbonyl (C=O) groups is 1. The smallest absolute Gasteiger partial charge is 0.338 e. The Morgan fingerprint density at radius 2 is 1.95 bits per heavy atom. The molecule has 1 aromatic carbocycles. The first-order valence-corrected chi connectivity index (χ1v) is 8.19. The van der Waals surface area contributed by atoms with Crippen LogP contribution in [0.5, 0.6) is 0 Å². The fraction of sp³-hybridized carbons (Fsp3) is 0.562. The Bertz CT molecular complexity index is 569. The molecule has 1 aromatic rings. The van der Waals surface area contributed by atoms with Crippen LogP contribution in [0.25, 0.3) is 0 Å². The third-order valence-electron chi connectivity index (χ3n) is 4.28. The van der Waals surface area contributed by atoms with Crippen molar-refractivity contribution in [2.24, 2.45) is 0 Å². The quantitative estimate of drug-likeness (QED) is 0.751. The van der Waals surface area contributed by atoms with E-state index in [1.807, 2.05) is 0 Å². The Labute approximate surface area is 139 Å². The maximum absolute atomic E-state index is 12.1. The molecule has 0 bridgehead atoms. The van der Waals surface area contributed by atoms with Crippen molar-refractivity contribution in [1.82, 2.24) is 0 Å². The number of carbonyl (C=O) groups excluding carboxylic acids is 1. The molecule has 2 aliphatic rings. The van der Waals surface area contributed by atoms with Gasteiger partial charge in [0.2, 0.25) is 0 Å². The summed E-state index contributed by atoms with van der Waals surface area (Å²) in [6, 6.07) is 5.14. The Hall–Kier alpha value is -0.810. The highest BCUT2D eigenvalue weighted by Gasteiger charge is 2.52. The highest BCUT2D eigenvalue weighted by atomic mass is 35.5. The number of benzene rings is 1. The molecule has 0 N–H and O–H groups in total. The van der Waals surface area contributed by atoms with Gasteiger partial charge in [0.25, 0.3) is 0 Å². The molecule has 0 radical (unpaired) electrons. The van der Waals surface area contributed by atoms with Gasteiger partial charge in [0.1, 0.15) is 6.10 Å². The molecule has 120 valence electrons. The van der Waals surface area contributed by atoms with Crippen LogP contribution in [0.1, 0.15) is 43.8 Å². The van der Waals surface area contributed by atoms with E-state index in [1.54, 1.807) is 18.2 Å². The van der Waals surface area contributed by atoms with Crippen LogP contribution in [-0.4, -0.2) is 25.0 Å². The fourth-order valence-corrected chi connectivity index (χ4v) is 3.70. The first-order valence-electron chi connectivity index (χ1n) is 7.43. The third kappa shape index (κ3) is 2.98. The number of hydrogen-bond donors (Lipinski definition) is 0. The molecule has 6 heteroatoms. The van der Waals surface area contributed by atoms with Crippen molar-refractivity contribution in [3.8, 4) is 0 Å². The topological polar surface area (TPSA) is 44.8 Å². The van der Waals surface area contributed by atoms with Crippen molar-refractivity contribution in [3.63, 3.8) is 0 Å². The second-order valence-corrected chi connectivity index (χ2v) is 6.58. The van der Waals surface area contributed by atoms with Crippen LogP contribution in [-0.2, 0) is 19.0 Å². The van der Waals surface area contributed by atoms with Crippen molar-refractivity contribution < 1.29 is 19.0 Å². The summed E-state index contributed by atoms with van der Waals surface area (Å²) in [5, 5.41) is 0.998. The monoisotopic (exact) mass is 344 g/mol. The summed E-state index contributed by atoms with van der Waals surface area (Å²) in [5.41, 5.74) is 0.698. The lowest BCUT2D eigenvalue weighted by molar-refractivity contribution is -0.199. The number of ether oxygens (including phenoxy) is 3. The molecule has 1 aliphatic heterocycles. The van der Waals surface area contributed by atoms with Gasteiger partial charge in [0, 0.05) is 28.5 Å². The van der Waals surface area contributed by atoms with Gasteiger partial charge in [-0.15, -0.1) is 0 Å². The molecular formula is C16H18Cl2O4. The van der Waals surface area contributed by atoms with Gasteiger partial charge in [-0.3, -0.25) is 0 Å². The second-order valence-electron chi connectivity index (χ2n) is 5.74. The normalized spacial score (nSPS) is 27.0. The molecule has 1 spiro atoms. The Kier molecular flexibility index (Phi) is 4.64. The van der Waals surface area contributed by atoms with E-state index in [2.05, 4.69) is 0 Å². The number of esters is 1. The SMILES string of the molecule is COC(=O)[C@H]1OC2(CCCCC2)O[C@@H]1c1ccc(Cl)cc1Cl. The van der Waals surface area contributed by atoms with Crippen LogP contribution >= 0.6 is 23.2 Å². The predicted octanol–water partition coefficient (Wildman–Crippen LogP) is 4.28. The number of halogens is 2. The summed E-state index contributed by atoms with van der Waals surface area (Å²) < 4.78 is 17.1. The Balaban J connectivity index is 1.94. The van der Waals surface area contributed by atoms with Crippen molar-refractivity contribution in [2.75, 3.05) is 7.11 Å². The predicted molar refractivity (Wildman–Crippen MR) is 83.0 cm³/mol. The van der Waals surface area contributed by atoms with E-state index >= 15 is 0 Å². The molecule has 2 fully saturated rings. The molecule has 1 heterocycles. The summed E-state index contributed by atoms with van der Waals surface area (Å²) in [7, 11) is 1.35. The van der Waals surface area contributed by atoms with Crippen molar-refractivity contribution in [1.29, 1.82) is 0 Å². The summed E-state index contributed by atoms with van der Waals surface area (Å²) in [5.74, 6) is -1.15. The molecule has 22 heavy (non-hydrogen) atoms. The lowest BCUT2D eigenvalue weighted by atomic mass is 9.94. The van der Waals surface area contributed by atoms with E-state index in [0.29, 0.717) is 15.6 Å². The number of methoxy groups -OCH3 is 1. The molecule has 0 amide bonds. The molecule has 4 nitrogen and oxygen atoms in total. The maximum Gasteiger partial charge on any atom is 0.338 e. The van der Waals surface area contributed by atoms with Crippen LogP contribution in [0.3, 0.4) is 0 Å². The van der Waals surface area contributed by atoms with Gasteiger partial charge in [-0.25, -0.2) is 4.79 Å².